The quantitative estimate of drug-likeness (QED) is 0.134. The van der Waals surface area contributed by atoms with Crippen LogP contribution in [-0.2, 0) is 0 Å². The smallest absolute Gasteiger partial charge is 0.0462 e. The molecule has 0 aliphatic heterocycles. The van der Waals surface area contributed by atoms with E-state index >= 15 is 0 Å². The van der Waals surface area contributed by atoms with Crippen molar-refractivity contribution in [1.29, 1.82) is 0 Å². The SMILES string of the molecule is C1=CC(c2cc(-c3ccc(-c4cc(-c5ccccc5)ccc4-c4ccccc4)cc3)cc(-c3ccccc3)c2-c2ccc(N(c3ccccc3)c3ccccc3)cc2)=CCC1. The molecule has 0 aromatic heterocycles. The van der Waals surface area contributed by atoms with Crippen LogP contribution < -0.4 is 4.90 Å². The maximum absolute atomic E-state index is 2.41. The third kappa shape index (κ3) is 7.90. The van der Waals surface area contributed by atoms with E-state index in [0.29, 0.717) is 0 Å². The summed E-state index contributed by atoms with van der Waals surface area (Å²) in [4.78, 5) is 2.32. The molecule has 0 spiro atoms. The average molecular weight is 780 g/mol. The van der Waals surface area contributed by atoms with Gasteiger partial charge in [0.2, 0.25) is 0 Å². The number of anilines is 3. The molecule has 9 aromatic rings. The Hall–Kier alpha value is -7.74. The average Bonchev–Trinajstić information content (AvgIpc) is 3.35. The highest BCUT2D eigenvalue weighted by atomic mass is 15.1. The number of hydrogen-bond acceptors (Lipinski definition) is 1. The minimum atomic E-state index is 1.03. The Morgan fingerprint density at radius 3 is 1.28 bits per heavy atom. The van der Waals surface area contributed by atoms with E-state index in [0.717, 1.165) is 29.9 Å². The monoisotopic (exact) mass is 779 g/mol. The molecular weight excluding hydrogens is 735 g/mol. The van der Waals surface area contributed by atoms with Gasteiger partial charge in [0.1, 0.15) is 0 Å². The maximum Gasteiger partial charge on any atom is 0.0462 e. The second kappa shape index (κ2) is 17.2. The van der Waals surface area contributed by atoms with Gasteiger partial charge in [-0.2, -0.15) is 0 Å². The number of benzene rings is 9. The first-order valence-electron chi connectivity index (χ1n) is 21.2. The number of nitrogens with zero attached hydrogens (tertiary/aromatic N) is 1. The highest BCUT2D eigenvalue weighted by Crippen LogP contribution is 2.45. The van der Waals surface area contributed by atoms with Crippen LogP contribution in [-0.4, -0.2) is 0 Å². The molecule has 0 bridgehead atoms. The van der Waals surface area contributed by atoms with E-state index in [1.165, 1.54) is 77.9 Å². The Labute approximate surface area is 359 Å². The number of hydrogen-bond donors (Lipinski definition) is 0. The molecule has 0 amide bonds. The summed E-state index contributed by atoms with van der Waals surface area (Å²) in [5.74, 6) is 0. The first-order chi connectivity index (χ1) is 30.3. The Bertz CT molecular complexity index is 2910. The van der Waals surface area contributed by atoms with Gasteiger partial charge < -0.3 is 4.90 Å². The van der Waals surface area contributed by atoms with Crippen molar-refractivity contribution in [3.63, 3.8) is 0 Å². The molecular formula is C60H45N. The van der Waals surface area contributed by atoms with E-state index in [-0.39, 0.29) is 0 Å². The molecule has 0 unspecified atom stereocenters. The van der Waals surface area contributed by atoms with Gasteiger partial charge in [0.15, 0.2) is 0 Å². The molecule has 1 aliphatic rings. The van der Waals surface area contributed by atoms with Gasteiger partial charge in [0.05, 0.1) is 0 Å². The fourth-order valence-electron chi connectivity index (χ4n) is 8.69. The number of rotatable bonds is 10. The van der Waals surface area contributed by atoms with E-state index in [1.54, 1.807) is 0 Å². The van der Waals surface area contributed by atoms with Gasteiger partial charge >= 0.3 is 0 Å². The van der Waals surface area contributed by atoms with Crippen LogP contribution in [0.25, 0.3) is 72.3 Å². The van der Waals surface area contributed by atoms with Gasteiger partial charge in [-0.05, 0) is 145 Å². The topological polar surface area (TPSA) is 3.24 Å². The Balaban J connectivity index is 1.10. The van der Waals surface area contributed by atoms with Gasteiger partial charge in [-0.15, -0.1) is 0 Å². The van der Waals surface area contributed by atoms with E-state index in [9.17, 15) is 0 Å². The van der Waals surface area contributed by atoms with Crippen molar-refractivity contribution in [2.24, 2.45) is 0 Å². The van der Waals surface area contributed by atoms with Gasteiger partial charge in [0, 0.05) is 17.1 Å². The molecule has 0 saturated carbocycles. The number of para-hydroxylation sites is 2. The number of allylic oxidation sites excluding steroid dienone is 4. The molecule has 0 atom stereocenters. The minimum absolute atomic E-state index is 1.03. The Morgan fingerprint density at radius 2 is 0.705 bits per heavy atom. The van der Waals surface area contributed by atoms with Crippen molar-refractivity contribution in [3.05, 3.63) is 254 Å². The molecule has 9 aromatic carbocycles. The summed E-state index contributed by atoms with van der Waals surface area (Å²) in [7, 11) is 0. The largest absolute Gasteiger partial charge is 0.311 e. The van der Waals surface area contributed by atoms with Crippen LogP contribution in [0.1, 0.15) is 18.4 Å². The Morgan fingerprint density at radius 1 is 0.279 bits per heavy atom. The van der Waals surface area contributed by atoms with Crippen LogP contribution in [0, 0.1) is 0 Å². The van der Waals surface area contributed by atoms with Gasteiger partial charge in [0.25, 0.3) is 0 Å². The van der Waals surface area contributed by atoms with Gasteiger partial charge in [-0.1, -0.05) is 194 Å². The third-order valence-electron chi connectivity index (χ3n) is 11.7. The predicted octanol–water partition coefficient (Wildman–Crippen LogP) is 16.9. The van der Waals surface area contributed by atoms with Crippen molar-refractivity contribution in [1.82, 2.24) is 0 Å². The lowest BCUT2D eigenvalue weighted by atomic mass is 9.83. The molecule has 10 rings (SSSR count). The van der Waals surface area contributed by atoms with Crippen molar-refractivity contribution < 1.29 is 0 Å². The lowest BCUT2D eigenvalue weighted by Crippen LogP contribution is -2.09. The molecule has 1 aliphatic carbocycles. The summed E-state index contributed by atoms with van der Waals surface area (Å²) in [6, 6.07) is 83.5. The maximum atomic E-state index is 2.41. The normalized spacial score (nSPS) is 12.2. The molecule has 290 valence electrons. The summed E-state index contributed by atoms with van der Waals surface area (Å²) in [6.45, 7) is 0. The fourth-order valence-corrected chi connectivity index (χ4v) is 8.69. The van der Waals surface area contributed by atoms with Crippen molar-refractivity contribution in [2.45, 2.75) is 12.8 Å². The summed E-state index contributed by atoms with van der Waals surface area (Å²) in [5.41, 5.74) is 20.4. The molecule has 61 heavy (non-hydrogen) atoms. The summed E-state index contributed by atoms with van der Waals surface area (Å²) in [6.07, 6.45) is 9.13. The molecule has 0 saturated heterocycles. The zero-order valence-electron chi connectivity index (χ0n) is 34.0. The van der Waals surface area contributed by atoms with Gasteiger partial charge in [-0.3, -0.25) is 0 Å². The second-order valence-electron chi connectivity index (χ2n) is 15.6. The van der Waals surface area contributed by atoms with Crippen LogP contribution in [0.3, 0.4) is 0 Å². The lowest BCUT2D eigenvalue weighted by molar-refractivity contribution is 1.04. The van der Waals surface area contributed by atoms with Crippen molar-refractivity contribution >= 4 is 22.6 Å². The highest BCUT2D eigenvalue weighted by Gasteiger charge is 2.20. The molecule has 0 fully saturated rings. The van der Waals surface area contributed by atoms with E-state index < -0.39 is 0 Å². The van der Waals surface area contributed by atoms with E-state index in [2.05, 4.69) is 254 Å². The second-order valence-corrected chi connectivity index (χ2v) is 15.6. The molecule has 1 heteroatoms. The van der Waals surface area contributed by atoms with E-state index in [4.69, 9.17) is 0 Å². The zero-order valence-corrected chi connectivity index (χ0v) is 34.0. The van der Waals surface area contributed by atoms with Crippen LogP contribution in [0.5, 0.6) is 0 Å². The molecule has 1 nitrogen and oxygen atoms in total. The van der Waals surface area contributed by atoms with Gasteiger partial charge in [-0.25, -0.2) is 0 Å². The first-order valence-corrected chi connectivity index (χ1v) is 21.2. The Kier molecular flexibility index (Phi) is 10.6. The zero-order chi connectivity index (χ0) is 40.8. The van der Waals surface area contributed by atoms with Crippen molar-refractivity contribution in [3.8, 4) is 66.8 Å². The van der Waals surface area contributed by atoms with Crippen molar-refractivity contribution in [2.75, 3.05) is 4.90 Å². The summed E-state index contributed by atoms with van der Waals surface area (Å²) >= 11 is 0. The minimum Gasteiger partial charge on any atom is -0.311 e. The third-order valence-corrected chi connectivity index (χ3v) is 11.7. The fraction of sp³-hybridized carbons (Fsp3) is 0.0333. The van der Waals surface area contributed by atoms with Crippen LogP contribution in [0.15, 0.2) is 249 Å². The first kappa shape index (κ1) is 37.5. The lowest BCUT2D eigenvalue weighted by Gasteiger charge is -2.26. The molecule has 0 N–H and O–H groups in total. The van der Waals surface area contributed by atoms with Crippen LogP contribution in [0.2, 0.25) is 0 Å². The standard InChI is InChI=1S/C60H45N/c1-7-19-44(20-8-1)51-37-40-56(46-21-9-2-10-22-46)57(41-51)49-33-31-45(32-34-49)52-42-58(47-23-11-3-12-24-47)60(59(43-52)48-25-13-4-14-26-48)50-35-38-55(39-36-50)61(53-27-15-5-16-28-53)54-29-17-6-18-30-54/h1-3,5-13,15-43H,4,14H2. The highest BCUT2D eigenvalue weighted by molar-refractivity contribution is 5.98. The summed E-state index contributed by atoms with van der Waals surface area (Å²) in [5, 5.41) is 0. The van der Waals surface area contributed by atoms with E-state index in [1.807, 2.05) is 0 Å². The molecule has 0 heterocycles. The van der Waals surface area contributed by atoms with Crippen LogP contribution in [0.4, 0.5) is 17.1 Å². The van der Waals surface area contributed by atoms with Crippen LogP contribution >= 0.6 is 0 Å². The molecule has 0 radical (unpaired) electrons. The predicted molar refractivity (Wildman–Crippen MR) is 260 cm³/mol. The summed E-state index contributed by atoms with van der Waals surface area (Å²) < 4.78 is 0.